The summed E-state index contributed by atoms with van der Waals surface area (Å²) in [6, 6.07) is 6.98. The van der Waals surface area contributed by atoms with Gasteiger partial charge in [-0.25, -0.2) is 4.98 Å². The normalized spacial score (nSPS) is 17.9. The second-order valence-electron chi connectivity index (χ2n) is 6.34. The van der Waals surface area contributed by atoms with Crippen LogP contribution in [0.4, 0.5) is 11.4 Å². The number of amides is 1. The third-order valence-electron chi connectivity index (χ3n) is 4.47. The number of carbonyl (C=O) groups is 1. The van der Waals surface area contributed by atoms with Crippen molar-refractivity contribution in [3.05, 3.63) is 40.1 Å². The molecule has 0 aliphatic carbocycles. The van der Waals surface area contributed by atoms with Gasteiger partial charge in [0.1, 0.15) is 0 Å². The van der Waals surface area contributed by atoms with Gasteiger partial charge < -0.3 is 10.6 Å². The molecule has 1 unspecified atom stereocenters. The Morgan fingerprint density at radius 3 is 3.00 bits per heavy atom. The number of hydrogen-bond acceptors (Lipinski definition) is 5. The van der Waals surface area contributed by atoms with Crippen molar-refractivity contribution in [2.45, 2.75) is 26.2 Å². The Kier molecular flexibility index (Phi) is 4.33. The molecule has 0 bridgehead atoms. The number of non-ortho nitro benzene ring substituents is 1. The summed E-state index contributed by atoms with van der Waals surface area (Å²) < 4.78 is 0. The molecule has 1 aromatic carbocycles. The number of anilines is 1. The van der Waals surface area contributed by atoms with Crippen LogP contribution < -0.4 is 10.6 Å². The van der Waals surface area contributed by atoms with Gasteiger partial charge in [-0.2, -0.15) is 0 Å². The average Bonchev–Trinajstić information content (AvgIpc) is 2.53. The number of piperidine rings is 1. The molecular weight excluding hydrogens is 308 g/mol. The van der Waals surface area contributed by atoms with Gasteiger partial charge in [0, 0.05) is 42.3 Å². The predicted molar refractivity (Wildman–Crippen MR) is 91.9 cm³/mol. The number of aryl methyl sites for hydroxylation is 1. The van der Waals surface area contributed by atoms with Gasteiger partial charge >= 0.3 is 0 Å². The lowest BCUT2D eigenvalue weighted by Gasteiger charge is -2.34. The summed E-state index contributed by atoms with van der Waals surface area (Å²) in [6.07, 6.45) is 2.32. The number of nitrogens with zero attached hydrogens (tertiary/aromatic N) is 3. The third kappa shape index (κ3) is 3.15. The molecule has 0 radical (unpaired) electrons. The number of nitrogens with two attached hydrogens (primary N) is 1. The minimum Gasteiger partial charge on any atom is -0.371 e. The van der Waals surface area contributed by atoms with E-state index in [9.17, 15) is 14.9 Å². The number of primary amides is 1. The van der Waals surface area contributed by atoms with Gasteiger partial charge in [-0.1, -0.05) is 12.1 Å². The molecule has 1 saturated heterocycles. The smallest absolute Gasteiger partial charge is 0.295 e. The molecule has 7 heteroatoms. The van der Waals surface area contributed by atoms with Gasteiger partial charge in [-0.05, 0) is 31.7 Å². The summed E-state index contributed by atoms with van der Waals surface area (Å²) in [4.78, 5) is 28.7. The first-order chi connectivity index (χ1) is 11.5. The van der Waals surface area contributed by atoms with Crippen molar-refractivity contribution < 1.29 is 9.72 Å². The summed E-state index contributed by atoms with van der Waals surface area (Å²) in [5.74, 6) is -0.0632. The lowest BCUT2D eigenvalue weighted by atomic mass is 9.93. The Hall–Kier alpha value is -2.70. The van der Waals surface area contributed by atoms with E-state index in [1.54, 1.807) is 6.07 Å². The Bertz CT molecular complexity index is 806. The van der Waals surface area contributed by atoms with Crippen molar-refractivity contribution in [1.29, 1.82) is 0 Å². The molecule has 0 spiro atoms. The van der Waals surface area contributed by atoms with E-state index < -0.39 is 4.92 Å². The lowest BCUT2D eigenvalue weighted by Crippen LogP contribution is -2.37. The molecule has 2 N–H and O–H groups in total. The molecule has 2 heterocycles. The first kappa shape index (κ1) is 16.2. The summed E-state index contributed by atoms with van der Waals surface area (Å²) in [5.41, 5.74) is 7.44. The molecule has 126 valence electrons. The van der Waals surface area contributed by atoms with Gasteiger partial charge in [0.05, 0.1) is 4.92 Å². The van der Waals surface area contributed by atoms with E-state index in [4.69, 9.17) is 5.73 Å². The molecule has 0 saturated carbocycles. The first-order valence-electron chi connectivity index (χ1n) is 8.03. The van der Waals surface area contributed by atoms with Crippen molar-refractivity contribution in [3.63, 3.8) is 0 Å². The number of nitro groups is 1. The molecule has 1 atom stereocenters. The number of carbonyl (C=O) groups excluding carboxylic acids is 1. The number of hydrogen-bond donors (Lipinski definition) is 1. The number of benzene rings is 1. The molecule has 1 aliphatic rings. The number of nitro benzene ring substituents is 1. The SMILES string of the molecule is Cc1cc(N2CCCC(CC(N)=O)C2)c2cccc([N+](=O)[O-])c2n1. The fourth-order valence-corrected chi connectivity index (χ4v) is 3.48. The molecule has 24 heavy (non-hydrogen) atoms. The van der Waals surface area contributed by atoms with Crippen LogP contribution >= 0.6 is 0 Å². The largest absolute Gasteiger partial charge is 0.371 e. The highest BCUT2D eigenvalue weighted by molar-refractivity contribution is 5.97. The highest BCUT2D eigenvalue weighted by Gasteiger charge is 2.24. The van der Waals surface area contributed by atoms with E-state index in [0.717, 1.165) is 42.7 Å². The Labute approximate surface area is 139 Å². The minimum atomic E-state index is -0.398. The van der Waals surface area contributed by atoms with Crippen LogP contribution in [-0.4, -0.2) is 28.9 Å². The highest BCUT2D eigenvalue weighted by Crippen LogP contribution is 2.34. The van der Waals surface area contributed by atoms with Gasteiger partial charge in [0.25, 0.3) is 5.69 Å². The maximum atomic E-state index is 11.3. The summed E-state index contributed by atoms with van der Waals surface area (Å²) in [6.45, 7) is 3.42. The van der Waals surface area contributed by atoms with E-state index in [0.29, 0.717) is 11.9 Å². The maximum absolute atomic E-state index is 11.3. The van der Waals surface area contributed by atoms with Crippen LogP contribution in [0.25, 0.3) is 10.9 Å². The molecule has 2 aromatic rings. The number of para-hydroxylation sites is 1. The summed E-state index contributed by atoms with van der Waals surface area (Å²) >= 11 is 0. The second kappa shape index (κ2) is 6.43. The van der Waals surface area contributed by atoms with Crippen LogP contribution in [0.15, 0.2) is 24.3 Å². The van der Waals surface area contributed by atoms with Gasteiger partial charge in [0.15, 0.2) is 5.52 Å². The van der Waals surface area contributed by atoms with Gasteiger partial charge in [-0.3, -0.25) is 14.9 Å². The molecule has 1 amide bonds. The number of pyridine rings is 1. The zero-order valence-corrected chi connectivity index (χ0v) is 13.6. The molecule has 3 rings (SSSR count). The Morgan fingerprint density at radius 2 is 2.29 bits per heavy atom. The quantitative estimate of drug-likeness (QED) is 0.686. The van der Waals surface area contributed by atoms with Crippen LogP contribution in [0.1, 0.15) is 25.0 Å². The third-order valence-corrected chi connectivity index (χ3v) is 4.47. The summed E-state index contributed by atoms with van der Waals surface area (Å²) in [5, 5.41) is 12.1. The number of rotatable bonds is 4. The molecule has 1 fully saturated rings. The van der Waals surface area contributed by atoms with Crippen LogP contribution in [0.3, 0.4) is 0 Å². The van der Waals surface area contributed by atoms with Crippen molar-refractivity contribution in [2.75, 3.05) is 18.0 Å². The number of fused-ring (bicyclic) bond motifs is 1. The maximum Gasteiger partial charge on any atom is 0.295 e. The van der Waals surface area contributed by atoms with Crippen LogP contribution in [0, 0.1) is 23.0 Å². The van der Waals surface area contributed by atoms with Crippen molar-refractivity contribution in [1.82, 2.24) is 4.98 Å². The fourth-order valence-electron chi connectivity index (χ4n) is 3.48. The zero-order chi connectivity index (χ0) is 17.3. The van der Waals surface area contributed by atoms with E-state index in [2.05, 4.69) is 9.88 Å². The van der Waals surface area contributed by atoms with Gasteiger partial charge in [0.2, 0.25) is 5.91 Å². The first-order valence-corrected chi connectivity index (χ1v) is 8.03. The average molecular weight is 328 g/mol. The standard InChI is InChI=1S/C17H20N4O3/c1-11-8-15(20-7-3-4-12(10-20)9-16(18)22)13-5-2-6-14(21(23)24)17(13)19-11/h2,5-6,8,12H,3-4,7,9-10H2,1H3,(H2,18,22). The highest BCUT2D eigenvalue weighted by atomic mass is 16.6. The van der Waals surface area contributed by atoms with Crippen molar-refractivity contribution in [2.24, 2.45) is 11.7 Å². The molecule has 7 nitrogen and oxygen atoms in total. The fraction of sp³-hybridized carbons (Fsp3) is 0.412. The van der Waals surface area contributed by atoms with E-state index >= 15 is 0 Å². The molecular formula is C17H20N4O3. The van der Waals surface area contributed by atoms with Crippen LogP contribution in [0.2, 0.25) is 0 Å². The molecule has 1 aliphatic heterocycles. The predicted octanol–water partition coefficient (Wildman–Crippen LogP) is 2.54. The second-order valence-corrected chi connectivity index (χ2v) is 6.34. The van der Waals surface area contributed by atoms with Gasteiger partial charge in [-0.15, -0.1) is 0 Å². The van der Waals surface area contributed by atoms with Crippen LogP contribution in [-0.2, 0) is 4.79 Å². The zero-order valence-electron chi connectivity index (χ0n) is 13.6. The monoisotopic (exact) mass is 328 g/mol. The van der Waals surface area contributed by atoms with Crippen molar-refractivity contribution >= 4 is 28.2 Å². The van der Waals surface area contributed by atoms with E-state index in [1.165, 1.54) is 6.07 Å². The van der Waals surface area contributed by atoms with Crippen LogP contribution in [0.5, 0.6) is 0 Å². The van der Waals surface area contributed by atoms with E-state index in [-0.39, 0.29) is 17.5 Å². The van der Waals surface area contributed by atoms with Crippen molar-refractivity contribution in [3.8, 4) is 0 Å². The minimum absolute atomic E-state index is 0.0168. The Balaban J connectivity index is 2.04. The lowest BCUT2D eigenvalue weighted by molar-refractivity contribution is -0.383. The molecule has 1 aromatic heterocycles. The Morgan fingerprint density at radius 1 is 1.50 bits per heavy atom. The number of aromatic nitrogens is 1. The summed E-state index contributed by atoms with van der Waals surface area (Å²) in [7, 11) is 0. The topological polar surface area (TPSA) is 102 Å². The van der Waals surface area contributed by atoms with E-state index in [1.807, 2.05) is 19.1 Å².